The number of benzene rings is 2. The lowest BCUT2D eigenvalue weighted by molar-refractivity contribution is -0.144. The van der Waals surface area contributed by atoms with Crippen LogP contribution < -0.4 is 0 Å². The van der Waals surface area contributed by atoms with Crippen LogP contribution in [0.3, 0.4) is 0 Å². The van der Waals surface area contributed by atoms with Crippen molar-refractivity contribution in [2.24, 2.45) is 0 Å². The number of rotatable bonds is 7. The largest absolute Gasteiger partial charge is 0.460 e. The number of nitrogens with zero attached hydrogens (tertiary/aromatic N) is 1. The van der Waals surface area contributed by atoms with Crippen molar-refractivity contribution in [1.82, 2.24) is 4.31 Å². The van der Waals surface area contributed by atoms with Crippen molar-refractivity contribution in [2.45, 2.75) is 18.4 Å². The van der Waals surface area contributed by atoms with Gasteiger partial charge in [-0.25, -0.2) is 8.42 Å². The van der Waals surface area contributed by atoms with Crippen molar-refractivity contribution < 1.29 is 22.7 Å². The van der Waals surface area contributed by atoms with Crippen LogP contribution in [-0.4, -0.2) is 38.1 Å². The molecule has 2 rings (SSSR count). The zero-order valence-corrected chi connectivity index (χ0v) is 14.8. The summed E-state index contributed by atoms with van der Waals surface area (Å²) in [5, 5.41) is 0. The van der Waals surface area contributed by atoms with Crippen LogP contribution >= 0.6 is 0 Å². The Morgan fingerprint density at radius 3 is 2.16 bits per heavy atom. The van der Waals surface area contributed by atoms with E-state index in [1.807, 2.05) is 30.3 Å². The molecule has 0 saturated heterocycles. The van der Waals surface area contributed by atoms with Gasteiger partial charge in [0.1, 0.15) is 13.2 Å². The topological polar surface area (TPSA) is 80.8 Å². The van der Waals surface area contributed by atoms with Gasteiger partial charge in [0.25, 0.3) is 0 Å². The van der Waals surface area contributed by atoms with Crippen LogP contribution in [0, 0.1) is 0 Å². The molecular formula is C18H19NO5S. The minimum atomic E-state index is -3.84. The number of carbonyl (C=O) groups excluding carboxylic acids is 2. The summed E-state index contributed by atoms with van der Waals surface area (Å²) in [7, 11) is -2.53. The summed E-state index contributed by atoms with van der Waals surface area (Å²) >= 11 is 0. The van der Waals surface area contributed by atoms with E-state index in [1.165, 1.54) is 38.2 Å². The third-order valence-corrected chi connectivity index (χ3v) is 5.38. The summed E-state index contributed by atoms with van der Waals surface area (Å²) in [5.74, 6) is -0.794. The van der Waals surface area contributed by atoms with Gasteiger partial charge in [-0.1, -0.05) is 42.5 Å². The number of sulfonamides is 1. The lowest BCUT2D eigenvalue weighted by atomic mass is 10.2. The van der Waals surface area contributed by atoms with Gasteiger partial charge in [-0.05, 0) is 24.6 Å². The molecule has 0 unspecified atom stereocenters. The van der Waals surface area contributed by atoms with Gasteiger partial charge in [-0.15, -0.1) is 0 Å². The van der Waals surface area contributed by atoms with E-state index in [1.54, 1.807) is 0 Å². The van der Waals surface area contributed by atoms with Gasteiger partial charge in [-0.2, -0.15) is 4.31 Å². The second-order valence-corrected chi connectivity index (χ2v) is 7.53. The van der Waals surface area contributed by atoms with Crippen molar-refractivity contribution in [3.05, 3.63) is 65.7 Å². The van der Waals surface area contributed by atoms with Crippen molar-refractivity contribution >= 4 is 21.8 Å². The molecule has 0 radical (unpaired) electrons. The van der Waals surface area contributed by atoms with Crippen molar-refractivity contribution in [2.75, 3.05) is 13.6 Å². The third kappa shape index (κ3) is 4.98. The Kier molecular flexibility index (Phi) is 6.06. The van der Waals surface area contributed by atoms with Crippen molar-refractivity contribution in [3.63, 3.8) is 0 Å². The minimum absolute atomic E-state index is 0.0101. The number of ether oxygens (including phenoxy) is 1. The molecule has 0 amide bonds. The highest BCUT2D eigenvalue weighted by Gasteiger charge is 2.23. The smallest absolute Gasteiger partial charge is 0.321 e. The fraction of sp³-hybridized carbons (Fsp3) is 0.222. The number of ketones is 1. The van der Waals surface area contributed by atoms with E-state index < -0.39 is 22.5 Å². The Morgan fingerprint density at radius 1 is 1.00 bits per heavy atom. The predicted octanol–water partition coefficient (Wildman–Crippen LogP) is 2.25. The molecule has 2 aromatic carbocycles. The predicted molar refractivity (Wildman–Crippen MR) is 92.5 cm³/mol. The Balaban J connectivity index is 1.99. The highest BCUT2D eigenvalue weighted by Crippen LogP contribution is 2.15. The van der Waals surface area contributed by atoms with E-state index in [2.05, 4.69) is 0 Å². The van der Waals surface area contributed by atoms with Gasteiger partial charge >= 0.3 is 5.97 Å². The number of Topliss-reactive ketones (excluding diaryl/α,β-unsaturated/α-hetero) is 1. The third-order valence-electron chi connectivity index (χ3n) is 3.56. The number of hydrogen-bond donors (Lipinski definition) is 0. The fourth-order valence-corrected chi connectivity index (χ4v) is 3.21. The van der Waals surface area contributed by atoms with Gasteiger partial charge in [0, 0.05) is 12.6 Å². The van der Waals surface area contributed by atoms with Crippen LogP contribution in [0.2, 0.25) is 0 Å². The van der Waals surface area contributed by atoms with Crippen LogP contribution in [0.1, 0.15) is 22.8 Å². The Bertz CT molecular complexity index is 845. The number of hydrogen-bond acceptors (Lipinski definition) is 5. The second kappa shape index (κ2) is 8.04. The molecule has 6 nitrogen and oxygen atoms in total. The SMILES string of the molecule is CC(=O)c1ccc(S(=O)(=O)N(C)CC(=O)OCc2ccccc2)cc1. The van der Waals surface area contributed by atoms with Crippen molar-refractivity contribution in [1.29, 1.82) is 0 Å². The Labute approximate surface area is 147 Å². The molecule has 0 aromatic heterocycles. The first-order chi connectivity index (χ1) is 11.8. The molecule has 132 valence electrons. The molecule has 0 fully saturated rings. The Hall–Kier alpha value is -2.51. The lowest BCUT2D eigenvalue weighted by Gasteiger charge is -2.16. The Morgan fingerprint density at radius 2 is 1.60 bits per heavy atom. The highest BCUT2D eigenvalue weighted by molar-refractivity contribution is 7.89. The molecule has 25 heavy (non-hydrogen) atoms. The van der Waals surface area contributed by atoms with Crippen LogP contribution in [0.15, 0.2) is 59.5 Å². The molecule has 0 heterocycles. The zero-order chi connectivity index (χ0) is 18.4. The zero-order valence-electron chi connectivity index (χ0n) is 14.0. The minimum Gasteiger partial charge on any atom is -0.460 e. The normalized spacial score (nSPS) is 11.3. The summed E-state index contributed by atoms with van der Waals surface area (Å²) in [6, 6.07) is 14.7. The van der Waals surface area contributed by atoms with Crippen molar-refractivity contribution in [3.8, 4) is 0 Å². The quantitative estimate of drug-likeness (QED) is 0.558. The summed E-state index contributed by atoms with van der Waals surface area (Å²) in [6.07, 6.45) is 0. The first-order valence-electron chi connectivity index (χ1n) is 7.57. The average Bonchev–Trinajstić information content (AvgIpc) is 2.60. The van der Waals surface area contributed by atoms with E-state index in [0.717, 1.165) is 9.87 Å². The maximum absolute atomic E-state index is 12.5. The molecule has 0 aliphatic heterocycles. The first kappa shape index (κ1) is 18.8. The van der Waals surface area contributed by atoms with E-state index >= 15 is 0 Å². The average molecular weight is 361 g/mol. The van der Waals surface area contributed by atoms with Crippen LogP contribution in [0.5, 0.6) is 0 Å². The van der Waals surface area contributed by atoms with Crippen LogP contribution in [0.4, 0.5) is 0 Å². The highest BCUT2D eigenvalue weighted by atomic mass is 32.2. The summed E-state index contributed by atoms with van der Waals surface area (Å²) in [5.41, 5.74) is 1.24. The summed E-state index contributed by atoms with van der Waals surface area (Å²) < 4.78 is 30.9. The molecule has 0 saturated carbocycles. The summed E-state index contributed by atoms with van der Waals surface area (Å²) in [4.78, 5) is 23.1. The lowest BCUT2D eigenvalue weighted by Crippen LogP contribution is -2.33. The van der Waals surface area contributed by atoms with E-state index in [0.29, 0.717) is 5.56 Å². The van der Waals surface area contributed by atoms with Gasteiger partial charge in [0.2, 0.25) is 10.0 Å². The number of carbonyl (C=O) groups is 2. The second-order valence-electron chi connectivity index (χ2n) is 5.49. The van der Waals surface area contributed by atoms with Gasteiger partial charge < -0.3 is 4.74 Å². The van der Waals surface area contributed by atoms with E-state index in [4.69, 9.17) is 4.74 Å². The molecule has 0 aliphatic rings. The standard InChI is InChI=1S/C18H19NO5S/c1-14(20)16-8-10-17(11-9-16)25(22,23)19(2)12-18(21)24-13-15-6-4-3-5-7-15/h3-11H,12-13H2,1-2H3. The first-order valence-corrected chi connectivity index (χ1v) is 9.01. The van der Waals surface area contributed by atoms with Crippen LogP contribution in [-0.2, 0) is 26.2 Å². The number of esters is 1. The number of likely N-dealkylation sites (N-methyl/N-ethyl adjacent to an activating group) is 1. The van der Waals surface area contributed by atoms with Crippen LogP contribution in [0.25, 0.3) is 0 Å². The molecule has 0 bridgehead atoms. The monoisotopic (exact) mass is 361 g/mol. The fourth-order valence-electron chi connectivity index (χ4n) is 2.09. The van der Waals surface area contributed by atoms with Gasteiger partial charge in [0.15, 0.2) is 5.78 Å². The molecule has 0 aliphatic carbocycles. The molecule has 0 N–H and O–H groups in total. The molecule has 7 heteroatoms. The van der Waals surface area contributed by atoms with Gasteiger partial charge in [0.05, 0.1) is 4.90 Å². The van der Waals surface area contributed by atoms with E-state index in [-0.39, 0.29) is 17.3 Å². The molecule has 2 aromatic rings. The maximum atomic E-state index is 12.5. The van der Waals surface area contributed by atoms with Gasteiger partial charge in [-0.3, -0.25) is 9.59 Å². The molecule has 0 spiro atoms. The summed E-state index contributed by atoms with van der Waals surface area (Å²) in [6.45, 7) is 1.09. The molecular weight excluding hydrogens is 342 g/mol. The van der Waals surface area contributed by atoms with E-state index in [9.17, 15) is 18.0 Å². The molecule has 0 atom stereocenters. The maximum Gasteiger partial charge on any atom is 0.321 e.